The first-order valence-corrected chi connectivity index (χ1v) is 6.87. The number of nitrogens with one attached hydrogen (secondary N) is 2. The van der Waals surface area contributed by atoms with Gasteiger partial charge in [0.2, 0.25) is 0 Å². The van der Waals surface area contributed by atoms with Crippen LogP contribution in [0.3, 0.4) is 0 Å². The summed E-state index contributed by atoms with van der Waals surface area (Å²) in [5, 5.41) is 5.32. The van der Waals surface area contributed by atoms with E-state index in [0.29, 0.717) is 17.5 Å². The SMILES string of the molecule is CCCc1nc(Cl)cc(NCc2csc(=O)[nH]2)n1. The van der Waals surface area contributed by atoms with Crippen LogP contribution in [0.2, 0.25) is 5.15 Å². The van der Waals surface area contributed by atoms with Gasteiger partial charge < -0.3 is 10.3 Å². The predicted molar refractivity (Wildman–Crippen MR) is 73.3 cm³/mol. The highest BCUT2D eigenvalue weighted by Gasteiger charge is 2.03. The lowest BCUT2D eigenvalue weighted by atomic mass is 10.3. The minimum Gasteiger partial charge on any atom is -0.364 e. The Morgan fingerprint density at radius 2 is 2.33 bits per heavy atom. The molecule has 0 radical (unpaired) electrons. The molecule has 0 aromatic carbocycles. The number of rotatable bonds is 5. The van der Waals surface area contributed by atoms with E-state index in [-0.39, 0.29) is 4.87 Å². The molecule has 2 aromatic heterocycles. The Balaban J connectivity index is 2.06. The maximum Gasteiger partial charge on any atom is 0.304 e. The van der Waals surface area contributed by atoms with Crippen molar-refractivity contribution >= 4 is 28.8 Å². The average Bonchev–Trinajstić information content (AvgIpc) is 2.72. The average molecular weight is 285 g/mol. The van der Waals surface area contributed by atoms with E-state index in [2.05, 4.69) is 27.2 Å². The minimum atomic E-state index is -0.0563. The molecule has 0 unspecified atom stereocenters. The van der Waals surface area contributed by atoms with Gasteiger partial charge in [-0.05, 0) is 6.42 Å². The Kier molecular flexibility index (Phi) is 4.33. The second-order valence-electron chi connectivity index (χ2n) is 3.77. The maximum atomic E-state index is 11.0. The summed E-state index contributed by atoms with van der Waals surface area (Å²) in [6, 6.07) is 1.67. The molecule has 96 valence electrons. The molecule has 0 spiro atoms. The van der Waals surface area contributed by atoms with Gasteiger partial charge in [0.25, 0.3) is 0 Å². The number of H-pyrrole nitrogens is 1. The van der Waals surface area contributed by atoms with E-state index >= 15 is 0 Å². The van der Waals surface area contributed by atoms with Crippen molar-refractivity contribution in [1.29, 1.82) is 0 Å². The molecule has 0 bridgehead atoms. The van der Waals surface area contributed by atoms with Gasteiger partial charge >= 0.3 is 4.87 Å². The highest BCUT2D eigenvalue weighted by atomic mass is 35.5. The van der Waals surface area contributed by atoms with Gasteiger partial charge in [-0.15, -0.1) is 0 Å². The minimum absolute atomic E-state index is 0.0563. The van der Waals surface area contributed by atoms with Crippen molar-refractivity contribution < 1.29 is 0 Å². The number of hydrogen-bond donors (Lipinski definition) is 2. The lowest BCUT2D eigenvalue weighted by molar-refractivity contribution is 0.833. The molecule has 2 rings (SSSR count). The molecule has 7 heteroatoms. The van der Waals surface area contributed by atoms with Gasteiger partial charge in [0, 0.05) is 23.6 Å². The van der Waals surface area contributed by atoms with Crippen LogP contribution in [-0.2, 0) is 13.0 Å². The van der Waals surface area contributed by atoms with E-state index in [4.69, 9.17) is 11.6 Å². The highest BCUT2D eigenvalue weighted by Crippen LogP contribution is 2.13. The summed E-state index contributed by atoms with van der Waals surface area (Å²) >= 11 is 7.07. The summed E-state index contributed by atoms with van der Waals surface area (Å²) in [6.07, 6.45) is 1.77. The second kappa shape index (κ2) is 5.97. The van der Waals surface area contributed by atoms with Crippen LogP contribution in [0.1, 0.15) is 24.9 Å². The van der Waals surface area contributed by atoms with Crippen molar-refractivity contribution in [3.63, 3.8) is 0 Å². The van der Waals surface area contributed by atoms with Gasteiger partial charge in [0.1, 0.15) is 16.8 Å². The molecule has 5 nitrogen and oxygen atoms in total. The lowest BCUT2D eigenvalue weighted by Gasteiger charge is -2.06. The summed E-state index contributed by atoms with van der Waals surface area (Å²) in [6.45, 7) is 2.57. The molecular weight excluding hydrogens is 272 g/mol. The Bertz CT molecular complexity index is 580. The first kappa shape index (κ1) is 13.0. The van der Waals surface area contributed by atoms with E-state index in [1.54, 1.807) is 11.4 Å². The highest BCUT2D eigenvalue weighted by molar-refractivity contribution is 7.07. The normalized spacial score (nSPS) is 10.6. The van der Waals surface area contributed by atoms with Gasteiger partial charge in [-0.3, -0.25) is 4.79 Å². The molecule has 0 aliphatic heterocycles. The molecule has 0 aliphatic rings. The summed E-state index contributed by atoms with van der Waals surface area (Å²) < 4.78 is 0. The zero-order chi connectivity index (χ0) is 13.0. The van der Waals surface area contributed by atoms with Crippen molar-refractivity contribution in [2.45, 2.75) is 26.3 Å². The number of aromatic amines is 1. The fourth-order valence-corrected chi connectivity index (χ4v) is 2.26. The molecule has 2 aromatic rings. The third kappa shape index (κ3) is 3.54. The van der Waals surface area contributed by atoms with Crippen LogP contribution in [0, 0.1) is 0 Å². The summed E-state index contributed by atoms with van der Waals surface area (Å²) in [4.78, 5) is 22.1. The van der Waals surface area contributed by atoms with Gasteiger partial charge in [0.15, 0.2) is 0 Å². The number of nitrogens with zero attached hydrogens (tertiary/aromatic N) is 2. The van der Waals surface area contributed by atoms with Crippen molar-refractivity contribution in [2.75, 3.05) is 5.32 Å². The fourth-order valence-electron chi connectivity index (χ4n) is 1.48. The zero-order valence-corrected chi connectivity index (χ0v) is 11.4. The van der Waals surface area contributed by atoms with E-state index in [1.807, 2.05) is 0 Å². The third-order valence-corrected chi connectivity index (χ3v) is 3.16. The Labute approximate surface area is 113 Å². The zero-order valence-electron chi connectivity index (χ0n) is 9.86. The van der Waals surface area contributed by atoms with Gasteiger partial charge in [-0.1, -0.05) is 29.9 Å². The third-order valence-electron chi connectivity index (χ3n) is 2.25. The van der Waals surface area contributed by atoms with Crippen LogP contribution >= 0.6 is 22.9 Å². The van der Waals surface area contributed by atoms with Gasteiger partial charge in [-0.25, -0.2) is 9.97 Å². The first-order chi connectivity index (χ1) is 8.67. The van der Waals surface area contributed by atoms with E-state index in [0.717, 1.165) is 35.7 Å². The molecule has 0 atom stereocenters. The monoisotopic (exact) mass is 284 g/mol. The van der Waals surface area contributed by atoms with Gasteiger partial charge in [-0.2, -0.15) is 0 Å². The topological polar surface area (TPSA) is 70.7 Å². The number of thiazole rings is 1. The van der Waals surface area contributed by atoms with Crippen molar-refractivity contribution in [2.24, 2.45) is 0 Å². The van der Waals surface area contributed by atoms with E-state index in [1.165, 1.54) is 0 Å². The van der Waals surface area contributed by atoms with E-state index < -0.39 is 0 Å². The number of aryl methyl sites for hydroxylation is 1. The van der Waals surface area contributed by atoms with Crippen molar-refractivity contribution in [3.8, 4) is 0 Å². The summed E-state index contributed by atoms with van der Waals surface area (Å²) in [7, 11) is 0. The van der Waals surface area contributed by atoms with Crippen LogP contribution in [0.25, 0.3) is 0 Å². The lowest BCUT2D eigenvalue weighted by Crippen LogP contribution is -2.06. The van der Waals surface area contributed by atoms with Crippen molar-refractivity contribution in [1.82, 2.24) is 15.0 Å². The molecule has 0 saturated carbocycles. The number of halogens is 1. The fraction of sp³-hybridized carbons (Fsp3) is 0.364. The predicted octanol–water partition coefficient (Wildman–Crippen LogP) is 2.44. The molecule has 0 saturated heterocycles. The summed E-state index contributed by atoms with van der Waals surface area (Å²) in [5.41, 5.74) is 0.830. The number of anilines is 1. The molecular formula is C11H13ClN4OS. The van der Waals surface area contributed by atoms with Crippen LogP contribution in [-0.4, -0.2) is 15.0 Å². The number of aromatic nitrogens is 3. The molecule has 0 amide bonds. The maximum absolute atomic E-state index is 11.0. The Morgan fingerprint density at radius 1 is 1.50 bits per heavy atom. The smallest absolute Gasteiger partial charge is 0.304 e. The molecule has 0 aliphatic carbocycles. The second-order valence-corrected chi connectivity index (χ2v) is 5.00. The van der Waals surface area contributed by atoms with Crippen LogP contribution in [0.5, 0.6) is 0 Å². The standard InChI is InChI=1S/C11H13ClN4OS/c1-2-3-9-15-8(12)4-10(16-9)13-5-7-6-18-11(17)14-7/h4,6H,2-3,5H2,1H3,(H,14,17)(H,13,15,16). The summed E-state index contributed by atoms with van der Waals surface area (Å²) in [5.74, 6) is 1.40. The van der Waals surface area contributed by atoms with Crippen LogP contribution in [0.4, 0.5) is 5.82 Å². The quantitative estimate of drug-likeness (QED) is 0.828. The van der Waals surface area contributed by atoms with Gasteiger partial charge in [0.05, 0.1) is 6.54 Å². The van der Waals surface area contributed by atoms with Crippen LogP contribution in [0.15, 0.2) is 16.2 Å². The van der Waals surface area contributed by atoms with Crippen molar-refractivity contribution in [3.05, 3.63) is 37.8 Å². The largest absolute Gasteiger partial charge is 0.364 e. The molecule has 18 heavy (non-hydrogen) atoms. The van der Waals surface area contributed by atoms with Crippen LogP contribution < -0.4 is 10.2 Å². The van der Waals surface area contributed by atoms with E-state index in [9.17, 15) is 4.79 Å². The number of hydrogen-bond acceptors (Lipinski definition) is 5. The Morgan fingerprint density at radius 3 is 3.00 bits per heavy atom. The Hall–Kier alpha value is -1.40. The molecule has 2 heterocycles. The first-order valence-electron chi connectivity index (χ1n) is 5.61. The molecule has 0 fully saturated rings. The molecule has 2 N–H and O–H groups in total.